The minimum Gasteiger partial charge on any atom is -0.487 e. The highest BCUT2D eigenvalue weighted by Crippen LogP contribution is 2.31. The fourth-order valence-electron chi connectivity index (χ4n) is 2.91. The lowest BCUT2D eigenvalue weighted by atomic mass is 10.2. The number of aromatic nitrogens is 2. The second-order valence-electron chi connectivity index (χ2n) is 7.35. The van der Waals surface area contributed by atoms with Crippen molar-refractivity contribution < 1.29 is 4.74 Å². The normalized spacial score (nSPS) is 12.0. The molecule has 0 aliphatic heterocycles. The molecule has 3 nitrogen and oxygen atoms in total. The maximum Gasteiger partial charge on any atom is 0.130 e. The monoisotopic (exact) mass is 362 g/mol. The van der Waals surface area contributed by atoms with Gasteiger partial charge in [-0.15, -0.1) is 0 Å². The van der Waals surface area contributed by atoms with Gasteiger partial charge in [0.05, 0.1) is 16.7 Å². The molecular formula is C22H22N2OS. The van der Waals surface area contributed by atoms with Gasteiger partial charge >= 0.3 is 0 Å². The summed E-state index contributed by atoms with van der Waals surface area (Å²) < 4.78 is 8.38. The van der Waals surface area contributed by atoms with Crippen molar-refractivity contribution in [2.75, 3.05) is 0 Å². The Morgan fingerprint density at radius 1 is 0.962 bits per heavy atom. The third kappa shape index (κ3) is 3.70. The average Bonchev–Trinajstić information content (AvgIpc) is 3.00. The van der Waals surface area contributed by atoms with E-state index in [-0.39, 0.29) is 4.75 Å². The summed E-state index contributed by atoms with van der Waals surface area (Å²) in [6.07, 6.45) is 2.12. The summed E-state index contributed by atoms with van der Waals surface area (Å²) in [6.45, 7) is 7.13. The molecular weight excluding hydrogens is 340 g/mol. The maximum atomic E-state index is 5.98. The zero-order valence-electron chi connectivity index (χ0n) is 15.3. The highest BCUT2D eigenvalue weighted by Gasteiger charge is 2.14. The predicted molar refractivity (Wildman–Crippen MR) is 111 cm³/mol. The van der Waals surface area contributed by atoms with E-state index in [1.165, 1.54) is 10.9 Å². The molecule has 26 heavy (non-hydrogen) atoms. The van der Waals surface area contributed by atoms with Crippen LogP contribution in [0.2, 0.25) is 0 Å². The molecule has 0 spiro atoms. The van der Waals surface area contributed by atoms with Crippen LogP contribution in [0.15, 0.2) is 66.9 Å². The third-order valence-corrected chi connectivity index (χ3v) is 5.10. The van der Waals surface area contributed by atoms with E-state index in [0.29, 0.717) is 6.61 Å². The maximum absolute atomic E-state index is 5.98. The van der Waals surface area contributed by atoms with Gasteiger partial charge in [-0.1, -0.05) is 24.3 Å². The highest BCUT2D eigenvalue weighted by atomic mass is 32.2. The van der Waals surface area contributed by atoms with Crippen LogP contribution in [0, 0.1) is 0 Å². The van der Waals surface area contributed by atoms with Crippen LogP contribution in [0.25, 0.3) is 21.8 Å². The molecule has 4 rings (SSSR count). The zero-order chi connectivity index (χ0) is 18.1. The highest BCUT2D eigenvalue weighted by molar-refractivity contribution is 7.99. The summed E-state index contributed by atoms with van der Waals surface area (Å²) in [7, 11) is 0. The van der Waals surface area contributed by atoms with E-state index in [4.69, 9.17) is 4.74 Å². The number of ether oxygens (including phenoxy) is 1. The van der Waals surface area contributed by atoms with Gasteiger partial charge in [0.1, 0.15) is 12.4 Å². The number of nitrogens with zero attached hydrogens (tertiary/aromatic N) is 2. The van der Waals surface area contributed by atoms with Crippen LogP contribution >= 0.6 is 11.9 Å². The number of pyridine rings is 1. The Morgan fingerprint density at radius 3 is 2.65 bits per heavy atom. The smallest absolute Gasteiger partial charge is 0.130 e. The fraction of sp³-hybridized carbons (Fsp3) is 0.227. The van der Waals surface area contributed by atoms with E-state index in [9.17, 15) is 0 Å². The summed E-state index contributed by atoms with van der Waals surface area (Å²) >= 11 is 1.82. The second kappa shape index (κ2) is 6.69. The van der Waals surface area contributed by atoms with Gasteiger partial charge in [-0.2, -0.15) is 0 Å². The van der Waals surface area contributed by atoms with Crippen LogP contribution in [0.5, 0.6) is 5.75 Å². The molecule has 0 radical (unpaired) electrons. The first-order valence-corrected chi connectivity index (χ1v) is 9.53. The lowest BCUT2D eigenvalue weighted by Gasteiger charge is -2.18. The van der Waals surface area contributed by atoms with Crippen molar-refractivity contribution in [3.8, 4) is 5.75 Å². The van der Waals surface area contributed by atoms with Gasteiger partial charge in [0.15, 0.2) is 0 Å². The Morgan fingerprint density at radius 2 is 1.81 bits per heavy atom. The van der Waals surface area contributed by atoms with Crippen LogP contribution in [0.1, 0.15) is 26.5 Å². The molecule has 4 aromatic rings. The molecule has 0 atom stereocenters. The van der Waals surface area contributed by atoms with Gasteiger partial charge in [0, 0.05) is 21.7 Å². The predicted octanol–water partition coefficient (Wildman–Crippen LogP) is 6.06. The van der Waals surface area contributed by atoms with E-state index in [0.717, 1.165) is 22.3 Å². The molecule has 0 aliphatic carbocycles. The van der Waals surface area contributed by atoms with E-state index in [1.54, 1.807) is 0 Å². The second-order valence-corrected chi connectivity index (χ2v) is 9.15. The Hall–Kier alpha value is -2.46. The molecule has 2 aromatic carbocycles. The number of fused-ring (bicyclic) bond motifs is 2. The minimum atomic E-state index is 0.170. The molecule has 0 fully saturated rings. The van der Waals surface area contributed by atoms with Crippen molar-refractivity contribution in [2.45, 2.75) is 32.1 Å². The molecule has 0 saturated heterocycles. The first-order chi connectivity index (χ1) is 12.5. The zero-order valence-corrected chi connectivity index (χ0v) is 16.1. The first-order valence-electron chi connectivity index (χ1n) is 8.76. The summed E-state index contributed by atoms with van der Waals surface area (Å²) in [6, 6.07) is 20.6. The van der Waals surface area contributed by atoms with Gasteiger partial charge < -0.3 is 4.74 Å². The lowest BCUT2D eigenvalue weighted by molar-refractivity contribution is 0.302. The fourth-order valence-corrected chi connectivity index (χ4v) is 3.88. The Labute approximate surface area is 158 Å². The van der Waals surface area contributed by atoms with Crippen LogP contribution < -0.4 is 4.74 Å². The van der Waals surface area contributed by atoms with Crippen molar-refractivity contribution in [3.05, 3.63) is 72.6 Å². The van der Waals surface area contributed by atoms with Crippen LogP contribution in [-0.2, 0) is 6.61 Å². The van der Waals surface area contributed by atoms with Crippen LogP contribution in [0.3, 0.4) is 0 Å². The van der Waals surface area contributed by atoms with Crippen LogP contribution in [-0.4, -0.2) is 13.7 Å². The number of hydrogen-bond acceptors (Lipinski definition) is 3. The van der Waals surface area contributed by atoms with Crippen molar-refractivity contribution in [2.24, 2.45) is 0 Å². The Kier molecular flexibility index (Phi) is 4.37. The quantitative estimate of drug-likeness (QED) is 0.441. The van der Waals surface area contributed by atoms with E-state index < -0.39 is 0 Å². The molecule has 4 heteroatoms. The van der Waals surface area contributed by atoms with Crippen molar-refractivity contribution in [1.29, 1.82) is 0 Å². The molecule has 0 amide bonds. The molecule has 0 unspecified atom stereocenters. The molecule has 2 heterocycles. The van der Waals surface area contributed by atoms with Gasteiger partial charge in [0.25, 0.3) is 0 Å². The molecule has 0 aliphatic rings. The Balaban J connectivity index is 1.51. The first kappa shape index (κ1) is 17.0. The molecule has 132 valence electrons. The van der Waals surface area contributed by atoms with Gasteiger partial charge in [0.2, 0.25) is 0 Å². The van der Waals surface area contributed by atoms with E-state index >= 15 is 0 Å². The topological polar surface area (TPSA) is 27.1 Å². The van der Waals surface area contributed by atoms with E-state index in [2.05, 4.69) is 66.3 Å². The molecule has 0 saturated carbocycles. The molecule has 2 aromatic heterocycles. The minimum absolute atomic E-state index is 0.170. The SMILES string of the molecule is CC(C)(C)Sn1ccc2cc(OCc3ccc4ccccc4n3)ccc21. The summed E-state index contributed by atoms with van der Waals surface area (Å²) in [5, 5.41) is 2.33. The van der Waals surface area contributed by atoms with Gasteiger partial charge in [-0.3, -0.25) is 3.97 Å². The Bertz CT molecular complexity index is 1060. The van der Waals surface area contributed by atoms with Crippen molar-refractivity contribution in [1.82, 2.24) is 8.96 Å². The molecule has 0 N–H and O–H groups in total. The van der Waals surface area contributed by atoms with Gasteiger partial charge in [-0.25, -0.2) is 4.98 Å². The molecule has 0 bridgehead atoms. The third-order valence-electron chi connectivity index (χ3n) is 4.04. The van der Waals surface area contributed by atoms with Crippen molar-refractivity contribution in [3.63, 3.8) is 0 Å². The number of benzene rings is 2. The largest absolute Gasteiger partial charge is 0.487 e. The summed E-state index contributed by atoms with van der Waals surface area (Å²) in [5.41, 5.74) is 3.14. The van der Waals surface area contributed by atoms with Crippen LogP contribution in [0.4, 0.5) is 0 Å². The average molecular weight is 362 g/mol. The standard InChI is InChI=1S/C22H22N2OS/c1-22(2,3)26-24-13-12-17-14-19(10-11-21(17)24)25-15-18-9-8-16-6-4-5-7-20(16)23-18/h4-14H,15H2,1-3H3. The van der Waals surface area contributed by atoms with E-state index in [1.807, 2.05) is 42.3 Å². The number of para-hydroxylation sites is 1. The summed E-state index contributed by atoms with van der Waals surface area (Å²) in [4.78, 5) is 4.66. The van der Waals surface area contributed by atoms with Crippen molar-refractivity contribution >= 4 is 33.8 Å². The number of hydrogen-bond donors (Lipinski definition) is 0. The lowest BCUT2D eigenvalue weighted by Crippen LogP contribution is -2.10. The summed E-state index contributed by atoms with van der Waals surface area (Å²) in [5.74, 6) is 0.867. The van der Waals surface area contributed by atoms with Gasteiger partial charge in [-0.05, 0) is 69.1 Å². The number of rotatable bonds is 4.